The second kappa shape index (κ2) is 12.5. The van der Waals surface area contributed by atoms with Crippen molar-refractivity contribution < 1.29 is 9.32 Å². The molecule has 0 spiro atoms. The third-order valence-corrected chi connectivity index (χ3v) is 5.79. The lowest BCUT2D eigenvalue weighted by molar-refractivity contribution is -0.123. The molecule has 0 aliphatic carbocycles. The predicted molar refractivity (Wildman–Crippen MR) is 119 cm³/mol. The van der Waals surface area contributed by atoms with Crippen LogP contribution in [0.3, 0.4) is 0 Å². The van der Waals surface area contributed by atoms with Gasteiger partial charge in [0.05, 0.1) is 12.6 Å². The van der Waals surface area contributed by atoms with E-state index in [4.69, 9.17) is 4.52 Å². The van der Waals surface area contributed by atoms with E-state index in [1.54, 1.807) is 0 Å². The van der Waals surface area contributed by atoms with Crippen LogP contribution in [0.5, 0.6) is 0 Å². The summed E-state index contributed by atoms with van der Waals surface area (Å²) in [6.07, 6.45) is 13.8. The summed E-state index contributed by atoms with van der Waals surface area (Å²) in [5.41, 5.74) is 2.29. The summed E-state index contributed by atoms with van der Waals surface area (Å²) in [5.74, 6) is 0.994. The summed E-state index contributed by atoms with van der Waals surface area (Å²) < 4.78 is 5.29. The minimum absolute atomic E-state index is 0.00226. The highest BCUT2D eigenvalue weighted by molar-refractivity contribution is 5.81. The summed E-state index contributed by atoms with van der Waals surface area (Å²) >= 11 is 0. The van der Waals surface area contributed by atoms with Crippen molar-refractivity contribution in [1.29, 1.82) is 0 Å². The third-order valence-electron chi connectivity index (χ3n) is 5.79. The summed E-state index contributed by atoms with van der Waals surface area (Å²) in [5, 5.41) is 10.1. The first-order valence-electron chi connectivity index (χ1n) is 11.7. The predicted octanol–water partition coefficient (Wildman–Crippen LogP) is 4.79. The summed E-state index contributed by atoms with van der Waals surface area (Å²) in [7, 11) is 0. The average Bonchev–Trinajstić information content (AvgIpc) is 3.47. The summed E-state index contributed by atoms with van der Waals surface area (Å²) in [6, 6.07) is 8.31. The maximum atomic E-state index is 12.1. The van der Waals surface area contributed by atoms with E-state index >= 15 is 0 Å². The molecule has 30 heavy (non-hydrogen) atoms. The van der Waals surface area contributed by atoms with E-state index in [0.717, 1.165) is 31.4 Å². The Morgan fingerprint density at radius 2 is 1.83 bits per heavy atom. The first-order valence-corrected chi connectivity index (χ1v) is 11.7. The van der Waals surface area contributed by atoms with Gasteiger partial charge in [-0.1, -0.05) is 81.3 Å². The van der Waals surface area contributed by atoms with Gasteiger partial charge in [0.2, 0.25) is 17.6 Å². The molecule has 2 aromatic rings. The van der Waals surface area contributed by atoms with Crippen molar-refractivity contribution in [2.75, 3.05) is 6.54 Å². The van der Waals surface area contributed by atoms with Crippen LogP contribution in [0.25, 0.3) is 11.4 Å². The van der Waals surface area contributed by atoms with Crippen LogP contribution in [0.15, 0.2) is 28.8 Å². The van der Waals surface area contributed by atoms with Gasteiger partial charge in [0.1, 0.15) is 0 Å². The van der Waals surface area contributed by atoms with E-state index in [1.807, 2.05) is 0 Å². The molecule has 6 nitrogen and oxygen atoms in total. The molecule has 1 aliphatic heterocycles. The van der Waals surface area contributed by atoms with Gasteiger partial charge in [0.25, 0.3) is 0 Å². The number of aromatic nitrogens is 2. The van der Waals surface area contributed by atoms with Crippen molar-refractivity contribution in [3.05, 3.63) is 35.7 Å². The molecule has 1 aromatic heterocycles. The maximum absolute atomic E-state index is 12.1. The Kier molecular flexibility index (Phi) is 9.35. The zero-order valence-electron chi connectivity index (χ0n) is 18.3. The van der Waals surface area contributed by atoms with Crippen LogP contribution in [0.2, 0.25) is 0 Å². The van der Waals surface area contributed by atoms with Crippen LogP contribution < -0.4 is 10.6 Å². The van der Waals surface area contributed by atoms with Gasteiger partial charge in [-0.25, -0.2) is 0 Å². The first kappa shape index (κ1) is 22.5. The van der Waals surface area contributed by atoms with Crippen LogP contribution >= 0.6 is 0 Å². The normalized spacial score (nSPS) is 16.1. The quantitative estimate of drug-likeness (QED) is 0.463. The van der Waals surface area contributed by atoms with Crippen molar-refractivity contribution >= 4 is 5.91 Å². The lowest BCUT2D eigenvalue weighted by atomic mass is 10.0. The molecule has 1 aromatic carbocycles. The van der Waals surface area contributed by atoms with E-state index in [9.17, 15) is 4.79 Å². The molecule has 1 fully saturated rings. The lowest BCUT2D eigenvalue weighted by Gasteiger charge is -2.08. The Morgan fingerprint density at radius 3 is 2.53 bits per heavy atom. The average molecular weight is 413 g/mol. The Hall–Kier alpha value is -2.21. The van der Waals surface area contributed by atoms with Gasteiger partial charge in [-0.15, -0.1) is 0 Å². The van der Waals surface area contributed by atoms with Crippen molar-refractivity contribution in [3.8, 4) is 11.4 Å². The van der Waals surface area contributed by atoms with Gasteiger partial charge in [0.15, 0.2) is 0 Å². The van der Waals surface area contributed by atoms with Crippen LogP contribution in [-0.4, -0.2) is 28.6 Å². The Bertz CT molecular complexity index is 751. The number of nitrogens with one attached hydrogen (secondary N) is 2. The molecule has 1 atom stereocenters. The summed E-state index contributed by atoms with van der Waals surface area (Å²) in [6.45, 7) is 3.43. The fraction of sp³-hybridized carbons (Fsp3) is 0.625. The third kappa shape index (κ3) is 7.24. The minimum Gasteiger partial charge on any atom is -0.346 e. The van der Waals surface area contributed by atoms with Crippen LogP contribution in [0.4, 0.5) is 0 Å². The SMILES string of the molecule is CCCCCCCCCCc1ccc(-c2noc(CNC(=O)C3CCCN3)n2)cc1. The van der Waals surface area contributed by atoms with E-state index in [2.05, 4.69) is 52.0 Å². The number of aryl methyl sites for hydroxylation is 1. The molecule has 1 amide bonds. The standard InChI is InChI=1S/C24H36N4O2/c1-2-3-4-5-6-7-8-9-11-19-13-15-20(16-14-19)23-27-22(30-28-23)18-26-24(29)21-12-10-17-25-21/h13-16,21,25H,2-12,17-18H2,1H3,(H,26,29). The number of carbonyl (C=O) groups excluding carboxylic acids is 1. The number of rotatable bonds is 13. The largest absolute Gasteiger partial charge is 0.346 e. The Morgan fingerprint density at radius 1 is 1.10 bits per heavy atom. The molecule has 164 valence electrons. The van der Waals surface area contributed by atoms with Crippen LogP contribution in [0.1, 0.15) is 82.6 Å². The van der Waals surface area contributed by atoms with Crippen LogP contribution in [-0.2, 0) is 17.8 Å². The maximum Gasteiger partial charge on any atom is 0.246 e. The van der Waals surface area contributed by atoms with E-state index in [0.29, 0.717) is 11.7 Å². The van der Waals surface area contributed by atoms with Gasteiger partial charge < -0.3 is 15.2 Å². The smallest absolute Gasteiger partial charge is 0.246 e. The minimum atomic E-state index is -0.0963. The highest BCUT2D eigenvalue weighted by Crippen LogP contribution is 2.18. The lowest BCUT2D eigenvalue weighted by Crippen LogP contribution is -2.40. The van der Waals surface area contributed by atoms with E-state index in [-0.39, 0.29) is 18.5 Å². The highest BCUT2D eigenvalue weighted by Gasteiger charge is 2.22. The first-order chi connectivity index (χ1) is 14.8. The van der Waals surface area contributed by atoms with Crippen molar-refractivity contribution in [1.82, 2.24) is 20.8 Å². The molecule has 2 heterocycles. The fourth-order valence-electron chi connectivity index (χ4n) is 3.92. The molecule has 1 unspecified atom stereocenters. The molecule has 3 rings (SSSR count). The molecule has 0 bridgehead atoms. The highest BCUT2D eigenvalue weighted by atomic mass is 16.5. The molecule has 0 saturated carbocycles. The number of benzene rings is 1. The number of nitrogens with zero attached hydrogens (tertiary/aromatic N) is 2. The van der Waals surface area contributed by atoms with E-state index < -0.39 is 0 Å². The molecule has 0 radical (unpaired) electrons. The van der Waals surface area contributed by atoms with E-state index in [1.165, 1.54) is 56.9 Å². The molecular weight excluding hydrogens is 376 g/mol. The van der Waals surface area contributed by atoms with Gasteiger partial charge in [-0.2, -0.15) is 4.98 Å². The Balaban J connectivity index is 1.37. The number of amides is 1. The molecule has 6 heteroatoms. The number of hydrogen-bond acceptors (Lipinski definition) is 5. The van der Waals surface area contributed by atoms with Gasteiger partial charge >= 0.3 is 0 Å². The molecule has 1 aliphatic rings. The molecule has 1 saturated heterocycles. The van der Waals surface area contributed by atoms with Crippen molar-refractivity contribution in [2.45, 2.75) is 90.1 Å². The van der Waals surface area contributed by atoms with Crippen LogP contribution in [0, 0.1) is 0 Å². The van der Waals surface area contributed by atoms with Gasteiger partial charge in [-0.05, 0) is 37.8 Å². The van der Waals surface area contributed by atoms with Crippen molar-refractivity contribution in [2.24, 2.45) is 0 Å². The zero-order chi connectivity index (χ0) is 21.0. The molecule has 2 N–H and O–H groups in total. The molecular formula is C24H36N4O2. The monoisotopic (exact) mass is 412 g/mol. The van der Waals surface area contributed by atoms with Gasteiger partial charge in [-0.3, -0.25) is 4.79 Å². The zero-order valence-corrected chi connectivity index (χ0v) is 18.3. The topological polar surface area (TPSA) is 80.0 Å². The Labute approximate surface area is 180 Å². The second-order valence-corrected chi connectivity index (χ2v) is 8.30. The second-order valence-electron chi connectivity index (χ2n) is 8.30. The summed E-state index contributed by atoms with van der Waals surface area (Å²) in [4.78, 5) is 16.5. The van der Waals surface area contributed by atoms with Crippen molar-refractivity contribution in [3.63, 3.8) is 0 Å². The number of unbranched alkanes of at least 4 members (excludes halogenated alkanes) is 7. The van der Waals surface area contributed by atoms with Gasteiger partial charge in [0, 0.05) is 5.56 Å². The fourth-order valence-corrected chi connectivity index (χ4v) is 3.92. The number of hydrogen-bond donors (Lipinski definition) is 2. The number of carbonyl (C=O) groups is 1.